The van der Waals surface area contributed by atoms with Gasteiger partial charge in [-0.2, -0.15) is 0 Å². The highest BCUT2D eigenvalue weighted by molar-refractivity contribution is 5.28. The van der Waals surface area contributed by atoms with Crippen molar-refractivity contribution in [2.45, 2.75) is 45.1 Å². The van der Waals surface area contributed by atoms with Gasteiger partial charge in [-0.15, -0.1) is 0 Å². The molecule has 1 aliphatic carbocycles. The zero-order valence-electron chi connectivity index (χ0n) is 11.7. The highest BCUT2D eigenvalue weighted by Crippen LogP contribution is 2.28. The fraction of sp³-hybridized carbons (Fsp3) is 0.625. The van der Waals surface area contributed by atoms with Gasteiger partial charge < -0.3 is 10.4 Å². The van der Waals surface area contributed by atoms with E-state index in [1.165, 1.54) is 18.4 Å². The Hall–Kier alpha value is -0.860. The van der Waals surface area contributed by atoms with E-state index in [4.69, 9.17) is 0 Å². The first-order valence-corrected chi connectivity index (χ1v) is 6.96. The second kappa shape index (κ2) is 5.41. The first-order chi connectivity index (χ1) is 8.47. The van der Waals surface area contributed by atoms with Gasteiger partial charge in [0.2, 0.25) is 0 Å². The monoisotopic (exact) mass is 247 g/mol. The highest BCUT2D eigenvalue weighted by atomic mass is 16.3. The second-order valence-electron chi connectivity index (χ2n) is 6.49. The summed E-state index contributed by atoms with van der Waals surface area (Å²) in [5.41, 5.74) is 2.49. The molecule has 1 aromatic carbocycles. The van der Waals surface area contributed by atoms with E-state index in [0.717, 1.165) is 18.0 Å². The van der Waals surface area contributed by atoms with E-state index in [2.05, 4.69) is 38.2 Å². The van der Waals surface area contributed by atoms with Crippen molar-refractivity contribution in [2.75, 3.05) is 13.1 Å². The van der Waals surface area contributed by atoms with Crippen molar-refractivity contribution >= 4 is 0 Å². The molecule has 1 atom stereocenters. The third-order valence-electron chi connectivity index (χ3n) is 3.63. The van der Waals surface area contributed by atoms with Crippen molar-refractivity contribution < 1.29 is 5.11 Å². The molecule has 1 fully saturated rings. The van der Waals surface area contributed by atoms with Crippen molar-refractivity contribution in [3.8, 4) is 0 Å². The van der Waals surface area contributed by atoms with Crippen LogP contribution in [0, 0.1) is 5.92 Å². The number of aliphatic hydroxyl groups excluding tert-OH is 1. The summed E-state index contributed by atoms with van der Waals surface area (Å²) in [5.74, 6) is 0.862. The molecular formula is C16H25NO. The van der Waals surface area contributed by atoms with Crippen molar-refractivity contribution in [1.29, 1.82) is 0 Å². The Bertz CT molecular complexity index is 373. The summed E-state index contributed by atoms with van der Waals surface area (Å²) in [4.78, 5) is 0. The maximum Gasteiger partial charge on any atom is 0.0914 e. The van der Waals surface area contributed by atoms with Crippen molar-refractivity contribution in [3.63, 3.8) is 0 Å². The quantitative estimate of drug-likeness (QED) is 0.838. The van der Waals surface area contributed by atoms with E-state index in [1.807, 2.05) is 12.1 Å². The Morgan fingerprint density at radius 2 is 1.83 bits per heavy atom. The first-order valence-electron chi connectivity index (χ1n) is 6.96. The average Bonchev–Trinajstić information content (AvgIpc) is 3.12. The van der Waals surface area contributed by atoms with Gasteiger partial charge in [-0.05, 0) is 41.8 Å². The Kier molecular flexibility index (Phi) is 4.08. The molecule has 2 N–H and O–H groups in total. The van der Waals surface area contributed by atoms with Crippen LogP contribution in [0.5, 0.6) is 0 Å². The van der Waals surface area contributed by atoms with Crippen LogP contribution in [0.3, 0.4) is 0 Å². The SMILES string of the molecule is CC(C)(C)c1ccc(C(O)CNCC2CC2)cc1. The molecule has 0 saturated heterocycles. The van der Waals surface area contributed by atoms with Crippen LogP contribution in [-0.2, 0) is 5.41 Å². The third-order valence-corrected chi connectivity index (χ3v) is 3.63. The molecule has 2 heteroatoms. The van der Waals surface area contributed by atoms with Crippen molar-refractivity contribution in [2.24, 2.45) is 5.92 Å². The van der Waals surface area contributed by atoms with E-state index in [-0.39, 0.29) is 5.41 Å². The molecule has 18 heavy (non-hydrogen) atoms. The van der Waals surface area contributed by atoms with Gasteiger partial charge in [0, 0.05) is 6.54 Å². The molecule has 0 bridgehead atoms. The molecule has 0 aromatic heterocycles. The highest BCUT2D eigenvalue weighted by Gasteiger charge is 2.21. The lowest BCUT2D eigenvalue weighted by molar-refractivity contribution is 0.174. The number of nitrogens with one attached hydrogen (secondary N) is 1. The molecule has 0 heterocycles. The Morgan fingerprint density at radius 1 is 1.22 bits per heavy atom. The predicted octanol–water partition coefficient (Wildman–Crippen LogP) is 3.02. The molecule has 1 unspecified atom stereocenters. The molecule has 1 aromatic rings. The molecule has 2 nitrogen and oxygen atoms in total. The summed E-state index contributed by atoms with van der Waals surface area (Å²) in [5, 5.41) is 13.4. The number of hydrogen-bond acceptors (Lipinski definition) is 2. The van der Waals surface area contributed by atoms with Gasteiger partial charge in [-0.25, -0.2) is 0 Å². The maximum absolute atomic E-state index is 10.1. The third kappa shape index (κ3) is 3.82. The van der Waals surface area contributed by atoms with Gasteiger partial charge >= 0.3 is 0 Å². The smallest absolute Gasteiger partial charge is 0.0914 e. The minimum atomic E-state index is -0.391. The molecule has 100 valence electrons. The van der Waals surface area contributed by atoms with Crippen LogP contribution in [0.25, 0.3) is 0 Å². The number of rotatable bonds is 5. The summed E-state index contributed by atoms with van der Waals surface area (Å²) in [6.07, 6.45) is 2.31. The lowest BCUT2D eigenvalue weighted by Gasteiger charge is -2.20. The maximum atomic E-state index is 10.1. The zero-order valence-corrected chi connectivity index (χ0v) is 11.7. The van der Waals surface area contributed by atoms with Crippen LogP contribution < -0.4 is 5.32 Å². The van der Waals surface area contributed by atoms with E-state index in [9.17, 15) is 5.11 Å². The summed E-state index contributed by atoms with van der Waals surface area (Å²) in [7, 11) is 0. The zero-order chi connectivity index (χ0) is 13.2. The first kappa shape index (κ1) is 13.6. The van der Waals surface area contributed by atoms with Gasteiger partial charge in [-0.1, -0.05) is 45.0 Å². The van der Waals surface area contributed by atoms with Gasteiger partial charge in [-0.3, -0.25) is 0 Å². The van der Waals surface area contributed by atoms with Gasteiger partial charge in [0.05, 0.1) is 6.10 Å². The number of hydrogen-bond donors (Lipinski definition) is 2. The van der Waals surface area contributed by atoms with E-state index >= 15 is 0 Å². The van der Waals surface area contributed by atoms with Gasteiger partial charge in [0.25, 0.3) is 0 Å². The van der Waals surface area contributed by atoms with Crippen LogP contribution in [0.1, 0.15) is 50.8 Å². The fourth-order valence-electron chi connectivity index (χ4n) is 2.07. The lowest BCUT2D eigenvalue weighted by Crippen LogP contribution is -2.23. The molecule has 0 aliphatic heterocycles. The van der Waals surface area contributed by atoms with Crippen LogP contribution in [0.15, 0.2) is 24.3 Å². The minimum absolute atomic E-state index is 0.174. The van der Waals surface area contributed by atoms with Crippen LogP contribution in [0.4, 0.5) is 0 Å². The molecule has 2 rings (SSSR count). The number of benzene rings is 1. The van der Waals surface area contributed by atoms with E-state index in [0.29, 0.717) is 6.54 Å². The van der Waals surface area contributed by atoms with Crippen LogP contribution in [0.2, 0.25) is 0 Å². The van der Waals surface area contributed by atoms with Crippen molar-refractivity contribution in [3.05, 3.63) is 35.4 Å². The second-order valence-corrected chi connectivity index (χ2v) is 6.49. The van der Waals surface area contributed by atoms with E-state index < -0.39 is 6.10 Å². The summed E-state index contributed by atoms with van der Waals surface area (Å²) >= 11 is 0. The Balaban J connectivity index is 1.87. The fourth-order valence-corrected chi connectivity index (χ4v) is 2.07. The van der Waals surface area contributed by atoms with E-state index in [1.54, 1.807) is 0 Å². The summed E-state index contributed by atoms with van der Waals surface area (Å²) in [6.45, 7) is 8.32. The minimum Gasteiger partial charge on any atom is -0.387 e. The predicted molar refractivity (Wildman–Crippen MR) is 75.7 cm³/mol. The summed E-state index contributed by atoms with van der Waals surface area (Å²) in [6, 6.07) is 8.34. The summed E-state index contributed by atoms with van der Waals surface area (Å²) < 4.78 is 0. The molecular weight excluding hydrogens is 222 g/mol. The average molecular weight is 247 g/mol. The van der Waals surface area contributed by atoms with Gasteiger partial charge in [0.1, 0.15) is 0 Å². The topological polar surface area (TPSA) is 32.3 Å². The molecule has 1 saturated carbocycles. The standard InChI is InChI=1S/C16H25NO/c1-16(2,3)14-8-6-13(7-9-14)15(18)11-17-10-12-4-5-12/h6-9,12,15,17-18H,4-5,10-11H2,1-3H3. The largest absolute Gasteiger partial charge is 0.387 e. The molecule has 0 amide bonds. The van der Waals surface area contributed by atoms with Gasteiger partial charge in [0.15, 0.2) is 0 Å². The lowest BCUT2D eigenvalue weighted by atomic mass is 9.86. The number of aliphatic hydroxyl groups is 1. The normalized spacial score (nSPS) is 17.8. The molecule has 1 aliphatic rings. The van der Waals surface area contributed by atoms with Crippen molar-refractivity contribution in [1.82, 2.24) is 5.32 Å². The van der Waals surface area contributed by atoms with Crippen LogP contribution in [-0.4, -0.2) is 18.2 Å². The van der Waals surface area contributed by atoms with Crippen LogP contribution >= 0.6 is 0 Å². The molecule has 0 spiro atoms. The Labute approximate surface area is 110 Å². The Morgan fingerprint density at radius 3 is 2.33 bits per heavy atom. The molecule has 0 radical (unpaired) electrons.